The highest BCUT2D eigenvalue weighted by molar-refractivity contribution is 7.94. The molecule has 1 heterocycles. The van der Waals surface area contributed by atoms with E-state index in [2.05, 4.69) is 9.71 Å². The van der Waals surface area contributed by atoms with Gasteiger partial charge in [0.05, 0.1) is 23.5 Å². The Bertz CT molecular complexity index is 744. The van der Waals surface area contributed by atoms with Gasteiger partial charge in [-0.3, -0.25) is 4.72 Å². The van der Waals surface area contributed by atoms with E-state index in [-0.39, 0.29) is 19.4 Å². The number of benzene rings is 1. The maximum absolute atomic E-state index is 12.3. The second kappa shape index (κ2) is 5.77. The van der Waals surface area contributed by atoms with Gasteiger partial charge in [0.1, 0.15) is 5.75 Å². The predicted octanol–water partition coefficient (Wildman–Crippen LogP) is 3.57. The molecule has 0 bridgehead atoms. The van der Waals surface area contributed by atoms with Crippen LogP contribution in [0.15, 0.2) is 22.4 Å². The van der Waals surface area contributed by atoms with Gasteiger partial charge in [0.2, 0.25) is 0 Å². The molecule has 0 spiro atoms. The molecule has 0 saturated heterocycles. The number of ether oxygens (including phenoxy) is 1. The van der Waals surface area contributed by atoms with Crippen LogP contribution in [0.25, 0.3) is 0 Å². The Hall–Kier alpha value is -1.02. The fraction of sp³-hybridized carbons (Fsp3) is 0.182. The van der Waals surface area contributed by atoms with Crippen molar-refractivity contribution in [3.05, 3.63) is 33.4 Å². The summed E-state index contributed by atoms with van der Waals surface area (Å²) in [5, 5.41) is 0.266. The number of halogens is 2. The molecule has 0 radical (unpaired) electrons. The Morgan fingerprint density at radius 2 is 2.05 bits per heavy atom. The van der Waals surface area contributed by atoms with Crippen LogP contribution in [0.2, 0.25) is 9.49 Å². The topological polar surface area (TPSA) is 68.3 Å². The summed E-state index contributed by atoms with van der Waals surface area (Å²) in [5.74, 6) is 0.492. The molecule has 9 heteroatoms. The molecular weight excluding hydrogens is 343 g/mol. The van der Waals surface area contributed by atoms with E-state index in [9.17, 15) is 8.42 Å². The van der Waals surface area contributed by atoms with Gasteiger partial charge in [-0.2, -0.15) is 0 Å². The van der Waals surface area contributed by atoms with Gasteiger partial charge in [-0.25, -0.2) is 13.4 Å². The summed E-state index contributed by atoms with van der Waals surface area (Å²) in [6, 6.07) is 4.68. The molecule has 2 rings (SSSR count). The summed E-state index contributed by atoms with van der Waals surface area (Å²) in [7, 11) is -2.31. The lowest BCUT2D eigenvalue weighted by Gasteiger charge is -2.10. The van der Waals surface area contributed by atoms with Crippen LogP contribution in [-0.2, 0) is 10.0 Å². The molecular formula is C11H10Cl2N2O3S2. The van der Waals surface area contributed by atoms with E-state index >= 15 is 0 Å². The molecule has 0 saturated carbocycles. The summed E-state index contributed by atoms with van der Waals surface area (Å²) >= 11 is 12.6. The number of thiazole rings is 1. The maximum atomic E-state index is 12.3. The molecule has 1 aromatic heterocycles. The number of sulfonamides is 1. The molecule has 1 N–H and O–H groups in total. The van der Waals surface area contributed by atoms with E-state index in [1.54, 1.807) is 19.1 Å². The second-order valence-corrected chi connectivity index (χ2v) is 7.66. The van der Waals surface area contributed by atoms with Crippen molar-refractivity contribution in [2.75, 3.05) is 11.8 Å². The fourth-order valence-electron chi connectivity index (χ4n) is 1.50. The lowest BCUT2D eigenvalue weighted by molar-refractivity contribution is 0.415. The minimum Gasteiger partial charge on any atom is -0.497 e. The first-order valence-electron chi connectivity index (χ1n) is 5.33. The van der Waals surface area contributed by atoms with E-state index in [0.29, 0.717) is 11.4 Å². The lowest BCUT2D eigenvalue weighted by Crippen LogP contribution is -2.13. The van der Waals surface area contributed by atoms with Crippen LogP contribution in [0.4, 0.5) is 5.69 Å². The van der Waals surface area contributed by atoms with Crippen LogP contribution in [0.1, 0.15) is 5.69 Å². The molecule has 2 aromatic rings. The molecule has 0 atom stereocenters. The largest absolute Gasteiger partial charge is 0.497 e. The van der Waals surface area contributed by atoms with Gasteiger partial charge in [0.25, 0.3) is 10.0 Å². The van der Waals surface area contributed by atoms with Gasteiger partial charge >= 0.3 is 0 Å². The SMILES string of the molecule is COc1ccc(Cl)c(NS(=O)(=O)c2sc(Cl)nc2C)c1. The zero-order valence-electron chi connectivity index (χ0n) is 10.5. The molecule has 0 aliphatic heterocycles. The Morgan fingerprint density at radius 3 is 2.60 bits per heavy atom. The van der Waals surface area contributed by atoms with Gasteiger partial charge in [-0.15, -0.1) is 0 Å². The van der Waals surface area contributed by atoms with E-state index in [1.807, 2.05) is 0 Å². The van der Waals surface area contributed by atoms with E-state index < -0.39 is 10.0 Å². The van der Waals surface area contributed by atoms with Crippen molar-refractivity contribution < 1.29 is 13.2 Å². The highest BCUT2D eigenvalue weighted by Gasteiger charge is 2.22. The predicted molar refractivity (Wildman–Crippen MR) is 80.7 cm³/mol. The number of hydrogen-bond donors (Lipinski definition) is 1. The highest BCUT2D eigenvalue weighted by Crippen LogP contribution is 2.32. The minimum absolute atomic E-state index is 0.0568. The first-order chi connectivity index (χ1) is 9.33. The molecule has 0 unspecified atom stereocenters. The van der Waals surface area contributed by atoms with E-state index in [0.717, 1.165) is 11.3 Å². The van der Waals surface area contributed by atoms with Crippen LogP contribution in [-0.4, -0.2) is 20.5 Å². The quantitative estimate of drug-likeness (QED) is 0.913. The van der Waals surface area contributed by atoms with Crippen molar-refractivity contribution in [1.29, 1.82) is 0 Å². The van der Waals surface area contributed by atoms with E-state index in [4.69, 9.17) is 27.9 Å². The number of hydrogen-bond acceptors (Lipinski definition) is 5. The highest BCUT2D eigenvalue weighted by atomic mass is 35.5. The second-order valence-electron chi connectivity index (χ2n) is 3.79. The van der Waals surface area contributed by atoms with Gasteiger partial charge < -0.3 is 4.74 Å². The van der Waals surface area contributed by atoms with Gasteiger partial charge in [0, 0.05) is 6.07 Å². The molecule has 0 fully saturated rings. The van der Waals surface area contributed by atoms with Crippen molar-refractivity contribution in [2.45, 2.75) is 11.1 Å². The number of methoxy groups -OCH3 is 1. The van der Waals surface area contributed by atoms with Crippen molar-refractivity contribution >= 4 is 50.2 Å². The molecule has 108 valence electrons. The minimum atomic E-state index is -3.79. The van der Waals surface area contributed by atoms with Gasteiger partial charge in [0.15, 0.2) is 8.68 Å². The van der Waals surface area contributed by atoms with Crippen LogP contribution in [0.5, 0.6) is 5.75 Å². The number of anilines is 1. The summed E-state index contributed by atoms with van der Waals surface area (Å²) in [6.07, 6.45) is 0. The van der Waals surface area contributed by atoms with Crippen molar-refractivity contribution in [1.82, 2.24) is 4.98 Å². The maximum Gasteiger partial charge on any atom is 0.273 e. The molecule has 0 aliphatic rings. The zero-order chi connectivity index (χ0) is 14.9. The number of aromatic nitrogens is 1. The number of rotatable bonds is 4. The Balaban J connectivity index is 2.40. The normalized spacial score (nSPS) is 11.4. The van der Waals surface area contributed by atoms with Gasteiger partial charge in [-0.1, -0.05) is 34.5 Å². The summed E-state index contributed by atoms with van der Waals surface area (Å²) in [4.78, 5) is 3.88. The molecule has 0 aliphatic carbocycles. The van der Waals surface area contributed by atoms with Gasteiger partial charge in [-0.05, 0) is 19.1 Å². The summed E-state index contributed by atoms with van der Waals surface area (Å²) in [6.45, 7) is 1.57. The van der Waals surface area contributed by atoms with Crippen molar-refractivity contribution in [3.8, 4) is 5.75 Å². The summed E-state index contributed by atoms with van der Waals surface area (Å²) < 4.78 is 32.2. The number of nitrogens with zero attached hydrogens (tertiary/aromatic N) is 1. The Kier molecular flexibility index (Phi) is 4.43. The Morgan fingerprint density at radius 1 is 1.35 bits per heavy atom. The van der Waals surface area contributed by atoms with Crippen LogP contribution in [0.3, 0.4) is 0 Å². The average molecular weight is 353 g/mol. The number of aryl methyl sites for hydroxylation is 1. The average Bonchev–Trinajstić information content (AvgIpc) is 2.72. The smallest absolute Gasteiger partial charge is 0.273 e. The first-order valence-corrected chi connectivity index (χ1v) is 8.38. The third-order valence-corrected chi connectivity index (χ3v) is 5.96. The van der Waals surface area contributed by atoms with Crippen LogP contribution >= 0.6 is 34.5 Å². The van der Waals surface area contributed by atoms with Crippen molar-refractivity contribution in [3.63, 3.8) is 0 Å². The molecule has 5 nitrogen and oxygen atoms in total. The Labute approximate surface area is 130 Å². The van der Waals surface area contributed by atoms with Crippen molar-refractivity contribution in [2.24, 2.45) is 0 Å². The lowest BCUT2D eigenvalue weighted by atomic mass is 10.3. The molecule has 0 amide bonds. The standard InChI is InChI=1S/C11H10Cl2N2O3S2/c1-6-10(19-11(13)14-6)20(16,17)15-9-5-7(18-2)3-4-8(9)12/h3-5,15H,1-2H3. The third-order valence-electron chi connectivity index (χ3n) is 2.39. The molecule has 1 aromatic carbocycles. The summed E-state index contributed by atoms with van der Waals surface area (Å²) in [5.41, 5.74) is 0.571. The number of nitrogens with one attached hydrogen (secondary N) is 1. The first kappa shape index (κ1) is 15.4. The van der Waals surface area contributed by atoms with Crippen LogP contribution < -0.4 is 9.46 Å². The fourth-order valence-corrected chi connectivity index (χ4v) is 4.53. The zero-order valence-corrected chi connectivity index (χ0v) is 13.6. The third kappa shape index (κ3) is 3.17. The monoisotopic (exact) mass is 352 g/mol. The van der Waals surface area contributed by atoms with E-state index in [1.165, 1.54) is 13.2 Å². The molecule has 20 heavy (non-hydrogen) atoms. The van der Waals surface area contributed by atoms with Crippen LogP contribution in [0, 0.1) is 6.92 Å².